The number of benzene rings is 1. The summed E-state index contributed by atoms with van der Waals surface area (Å²) in [4.78, 5) is 14.6. The highest BCUT2D eigenvalue weighted by atomic mass is 19.1. The normalized spacial score (nSPS) is 21.2. The van der Waals surface area contributed by atoms with Crippen LogP contribution in [0.5, 0.6) is 0 Å². The van der Waals surface area contributed by atoms with Crippen LogP contribution in [0.25, 0.3) is 0 Å². The maximum atomic E-state index is 12.8. The van der Waals surface area contributed by atoms with Gasteiger partial charge in [-0.1, -0.05) is 0 Å². The largest absolute Gasteiger partial charge is 0.298 e. The number of rotatable bonds is 2. The number of hydrogen-bond donors (Lipinski definition) is 0. The van der Waals surface area contributed by atoms with E-state index in [1.807, 2.05) is 0 Å². The molecule has 0 bridgehead atoms. The summed E-state index contributed by atoms with van der Waals surface area (Å²) < 4.78 is 12.8. The van der Waals surface area contributed by atoms with Gasteiger partial charge in [0.2, 0.25) is 0 Å². The fraction of sp³-hybridized carbons (Fsp3) is 0.533. The molecule has 0 spiro atoms. The van der Waals surface area contributed by atoms with E-state index in [2.05, 4.69) is 25.7 Å². The van der Waals surface area contributed by atoms with Crippen LogP contribution in [0.2, 0.25) is 0 Å². The molecule has 1 atom stereocenters. The molecule has 18 heavy (non-hydrogen) atoms. The molecule has 1 aromatic carbocycles. The molecule has 2 nitrogen and oxygen atoms in total. The molecule has 1 unspecified atom stereocenters. The lowest BCUT2D eigenvalue weighted by atomic mass is 9.97. The summed E-state index contributed by atoms with van der Waals surface area (Å²) in [6, 6.07) is 5.86. The predicted molar refractivity (Wildman–Crippen MR) is 70.2 cm³/mol. The maximum absolute atomic E-state index is 12.8. The molecular weight excluding hydrogens is 229 g/mol. The van der Waals surface area contributed by atoms with E-state index < -0.39 is 0 Å². The molecule has 2 rings (SSSR count). The van der Waals surface area contributed by atoms with E-state index in [-0.39, 0.29) is 23.1 Å². The van der Waals surface area contributed by atoms with Crippen molar-refractivity contribution in [1.29, 1.82) is 0 Å². The Labute approximate surface area is 108 Å². The van der Waals surface area contributed by atoms with Gasteiger partial charge in [-0.2, -0.15) is 0 Å². The van der Waals surface area contributed by atoms with Gasteiger partial charge in [0, 0.05) is 23.6 Å². The van der Waals surface area contributed by atoms with Crippen molar-refractivity contribution in [3.05, 3.63) is 35.6 Å². The van der Waals surface area contributed by atoms with Crippen LogP contribution in [0.1, 0.15) is 37.6 Å². The second-order valence-electron chi connectivity index (χ2n) is 5.97. The van der Waals surface area contributed by atoms with Crippen molar-refractivity contribution >= 4 is 5.78 Å². The molecule has 0 amide bonds. The van der Waals surface area contributed by atoms with Crippen LogP contribution in [0, 0.1) is 11.7 Å². The first-order valence-electron chi connectivity index (χ1n) is 6.43. The van der Waals surface area contributed by atoms with Crippen molar-refractivity contribution in [3.63, 3.8) is 0 Å². The molecule has 0 aromatic heterocycles. The third-order valence-electron chi connectivity index (χ3n) is 3.64. The standard InChI is InChI=1S/C15H20FNO/c1-15(2,3)17-9-8-12(10-17)14(18)11-4-6-13(16)7-5-11/h4-7,12H,8-10H2,1-3H3. The van der Waals surface area contributed by atoms with E-state index in [9.17, 15) is 9.18 Å². The van der Waals surface area contributed by atoms with Crippen LogP contribution in [-0.4, -0.2) is 29.3 Å². The Kier molecular flexibility index (Phi) is 3.53. The lowest BCUT2D eigenvalue weighted by Crippen LogP contribution is -2.39. The Morgan fingerprint density at radius 2 is 1.89 bits per heavy atom. The molecule has 0 aliphatic carbocycles. The Morgan fingerprint density at radius 1 is 1.28 bits per heavy atom. The maximum Gasteiger partial charge on any atom is 0.167 e. The summed E-state index contributed by atoms with van der Waals surface area (Å²) in [5.41, 5.74) is 0.731. The molecule has 0 saturated carbocycles. The van der Waals surface area contributed by atoms with Gasteiger partial charge in [0.25, 0.3) is 0 Å². The van der Waals surface area contributed by atoms with Crippen molar-refractivity contribution in [1.82, 2.24) is 4.90 Å². The molecule has 0 N–H and O–H groups in total. The number of ketones is 1. The number of hydrogen-bond acceptors (Lipinski definition) is 2. The van der Waals surface area contributed by atoms with Crippen LogP contribution >= 0.6 is 0 Å². The van der Waals surface area contributed by atoms with Crippen molar-refractivity contribution in [2.45, 2.75) is 32.7 Å². The summed E-state index contributed by atoms with van der Waals surface area (Å²) in [6.45, 7) is 8.26. The summed E-state index contributed by atoms with van der Waals surface area (Å²) in [6.07, 6.45) is 0.896. The van der Waals surface area contributed by atoms with Crippen LogP contribution < -0.4 is 0 Å². The molecule has 1 saturated heterocycles. The quantitative estimate of drug-likeness (QED) is 0.750. The first kappa shape index (κ1) is 13.2. The van der Waals surface area contributed by atoms with E-state index in [0.29, 0.717) is 5.56 Å². The molecule has 1 aliphatic heterocycles. The number of carbonyl (C=O) groups is 1. The molecule has 1 fully saturated rings. The first-order chi connectivity index (χ1) is 8.38. The van der Waals surface area contributed by atoms with E-state index >= 15 is 0 Å². The molecule has 1 aromatic rings. The van der Waals surface area contributed by atoms with Gasteiger partial charge in [-0.15, -0.1) is 0 Å². The molecule has 98 valence electrons. The third kappa shape index (κ3) is 2.78. The summed E-state index contributed by atoms with van der Waals surface area (Å²) in [5.74, 6) is -0.106. The highest BCUT2D eigenvalue weighted by Gasteiger charge is 2.33. The predicted octanol–water partition coefficient (Wildman–Crippen LogP) is 3.13. The lowest BCUT2D eigenvalue weighted by molar-refractivity contribution is 0.0908. The molecule has 0 radical (unpaired) electrons. The van der Waals surface area contributed by atoms with Crippen molar-refractivity contribution in [2.75, 3.05) is 13.1 Å². The van der Waals surface area contributed by atoms with Crippen LogP contribution in [-0.2, 0) is 0 Å². The van der Waals surface area contributed by atoms with Crippen LogP contribution in [0.3, 0.4) is 0 Å². The highest BCUT2D eigenvalue weighted by Crippen LogP contribution is 2.26. The summed E-state index contributed by atoms with van der Waals surface area (Å²) >= 11 is 0. The molecule has 1 aliphatic rings. The van der Waals surface area contributed by atoms with Crippen LogP contribution in [0.4, 0.5) is 4.39 Å². The monoisotopic (exact) mass is 249 g/mol. The van der Waals surface area contributed by atoms with Crippen molar-refractivity contribution in [3.8, 4) is 0 Å². The fourth-order valence-electron chi connectivity index (χ4n) is 2.43. The fourth-order valence-corrected chi connectivity index (χ4v) is 2.43. The number of Topliss-reactive ketones (excluding diaryl/α,β-unsaturated/α-hetero) is 1. The van der Waals surface area contributed by atoms with E-state index in [4.69, 9.17) is 0 Å². The Hall–Kier alpha value is -1.22. The minimum absolute atomic E-state index is 0.0506. The van der Waals surface area contributed by atoms with Crippen molar-refractivity contribution < 1.29 is 9.18 Å². The number of nitrogens with zero attached hydrogens (tertiary/aromatic N) is 1. The molecular formula is C15H20FNO. The Morgan fingerprint density at radius 3 is 2.39 bits per heavy atom. The van der Waals surface area contributed by atoms with Gasteiger partial charge >= 0.3 is 0 Å². The zero-order valence-corrected chi connectivity index (χ0v) is 11.2. The topological polar surface area (TPSA) is 20.3 Å². The van der Waals surface area contributed by atoms with E-state index in [0.717, 1.165) is 19.5 Å². The highest BCUT2D eigenvalue weighted by molar-refractivity contribution is 5.98. The van der Waals surface area contributed by atoms with Gasteiger partial charge in [0.1, 0.15) is 5.82 Å². The van der Waals surface area contributed by atoms with E-state index in [1.165, 1.54) is 12.1 Å². The Balaban J connectivity index is 2.06. The van der Waals surface area contributed by atoms with Gasteiger partial charge in [0.15, 0.2) is 5.78 Å². The molecule has 3 heteroatoms. The zero-order valence-electron chi connectivity index (χ0n) is 11.2. The van der Waals surface area contributed by atoms with Gasteiger partial charge in [-0.3, -0.25) is 9.69 Å². The Bertz CT molecular complexity index is 433. The third-order valence-corrected chi connectivity index (χ3v) is 3.64. The minimum atomic E-state index is -0.297. The average molecular weight is 249 g/mol. The van der Waals surface area contributed by atoms with Gasteiger partial charge in [0.05, 0.1) is 0 Å². The number of carbonyl (C=O) groups excluding carboxylic acids is 1. The average Bonchev–Trinajstić information content (AvgIpc) is 2.78. The zero-order chi connectivity index (χ0) is 13.3. The molecule has 1 heterocycles. The second kappa shape index (κ2) is 4.81. The second-order valence-corrected chi connectivity index (χ2v) is 5.97. The summed E-state index contributed by atoms with van der Waals surface area (Å²) in [5, 5.41) is 0. The smallest absolute Gasteiger partial charge is 0.167 e. The first-order valence-corrected chi connectivity index (χ1v) is 6.43. The summed E-state index contributed by atoms with van der Waals surface area (Å²) in [7, 11) is 0. The van der Waals surface area contributed by atoms with Gasteiger partial charge < -0.3 is 0 Å². The van der Waals surface area contributed by atoms with Crippen LogP contribution in [0.15, 0.2) is 24.3 Å². The van der Waals surface area contributed by atoms with Gasteiger partial charge in [-0.25, -0.2) is 4.39 Å². The van der Waals surface area contributed by atoms with Crippen molar-refractivity contribution in [2.24, 2.45) is 5.92 Å². The van der Waals surface area contributed by atoms with E-state index in [1.54, 1.807) is 12.1 Å². The minimum Gasteiger partial charge on any atom is -0.298 e. The number of halogens is 1. The van der Waals surface area contributed by atoms with Gasteiger partial charge in [-0.05, 0) is 58.0 Å². The lowest BCUT2D eigenvalue weighted by Gasteiger charge is -2.31. The number of likely N-dealkylation sites (tertiary alicyclic amines) is 1. The SMILES string of the molecule is CC(C)(C)N1CCC(C(=O)c2ccc(F)cc2)C1.